The fourth-order valence-corrected chi connectivity index (χ4v) is 2.33. The lowest BCUT2D eigenvalue weighted by Crippen LogP contribution is -2.26. The van der Waals surface area contributed by atoms with E-state index < -0.39 is 17.9 Å². The third-order valence-electron chi connectivity index (χ3n) is 3.03. The van der Waals surface area contributed by atoms with Gasteiger partial charge in [-0.25, -0.2) is 0 Å². The molecule has 0 amide bonds. The number of fused-ring (bicyclic) bond motifs is 1. The molecule has 0 atom stereocenters. The molecule has 0 spiro atoms. The third-order valence-corrected chi connectivity index (χ3v) is 3.27. The number of carbonyl (C=O) groups is 2. The summed E-state index contributed by atoms with van der Waals surface area (Å²) in [6.45, 7) is 3.76. The molecule has 1 N–H and O–H groups in total. The molecule has 21 heavy (non-hydrogen) atoms. The minimum atomic E-state index is -1.11. The maximum absolute atomic E-state index is 12.1. The molecular formula is C15H16ClNO4. The van der Waals surface area contributed by atoms with E-state index in [2.05, 4.69) is 4.98 Å². The summed E-state index contributed by atoms with van der Waals surface area (Å²) in [7, 11) is 0. The maximum Gasteiger partial charge on any atom is 0.324 e. The minimum Gasteiger partial charge on any atom is -0.465 e. The lowest BCUT2D eigenvalue weighted by molar-refractivity contribution is -0.156. The van der Waals surface area contributed by atoms with Crippen molar-refractivity contribution in [3.8, 4) is 0 Å². The average Bonchev–Trinajstić information content (AvgIpc) is 2.83. The second-order valence-electron chi connectivity index (χ2n) is 4.37. The summed E-state index contributed by atoms with van der Waals surface area (Å²) in [6, 6.07) is 5.22. The summed E-state index contributed by atoms with van der Waals surface area (Å²) in [5.41, 5.74) is 1.29. The fraction of sp³-hybridized carbons (Fsp3) is 0.333. The number of esters is 2. The topological polar surface area (TPSA) is 68.4 Å². The number of halogens is 1. The molecule has 0 radical (unpaired) electrons. The highest BCUT2D eigenvalue weighted by atomic mass is 35.5. The zero-order valence-electron chi connectivity index (χ0n) is 11.8. The first kappa shape index (κ1) is 15.4. The number of nitrogens with one attached hydrogen (secondary N) is 1. The summed E-state index contributed by atoms with van der Waals surface area (Å²) in [5.74, 6) is -2.37. The Labute approximate surface area is 127 Å². The van der Waals surface area contributed by atoms with Crippen molar-refractivity contribution >= 4 is 34.4 Å². The minimum absolute atomic E-state index is 0.192. The lowest BCUT2D eigenvalue weighted by Gasteiger charge is -2.13. The van der Waals surface area contributed by atoms with Gasteiger partial charge in [-0.15, -0.1) is 0 Å². The van der Waals surface area contributed by atoms with E-state index in [0.29, 0.717) is 16.0 Å². The number of rotatable bonds is 5. The van der Waals surface area contributed by atoms with Gasteiger partial charge >= 0.3 is 11.9 Å². The van der Waals surface area contributed by atoms with E-state index >= 15 is 0 Å². The molecular weight excluding hydrogens is 294 g/mol. The first-order valence-corrected chi connectivity index (χ1v) is 7.06. The summed E-state index contributed by atoms with van der Waals surface area (Å²) >= 11 is 5.99. The molecule has 2 rings (SSSR count). The Bertz CT molecular complexity index is 647. The van der Waals surface area contributed by atoms with Crippen LogP contribution in [0.3, 0.4) is 0 Å². The second kappa shape index (κ2) is 6.63. The van der Waals surface area contributed by atoms with Gasteiger partial charge in [0.25, 0.3) is 0 Å². The molecule has 5 nitrogen and oxygen atoms in total. The van der Waals surface area contributed by atoms with E-state index in [1.54, 1.807) is 38.2 Å². The lowest BCUT2D eigenvalue weighted by atomic mass is 9.98. The molecule has 2 aromatic rings. The largest absolute Gasteiger partial charge is 0.465 e. The molecule has 0 saturated heterocycles. The Morgan fingerprint density at radius 1 is 1.19 bits per heavy atom. The molecule has 0 aliphatic heterocycles. The number of aromatic amines is 1. The SMILES string of the molecule is CCOC(=O)C(C(=O)OCC)c1c[nH]c2ccc(Cl)cc12. The third kappa shape index (κ3) is 3.19. The van der Waals surface area contributed by atoms with Crippen molar-refractivity contribution in [2.24, 2.45) is 0 Å². The van der Waals surface area contributed by atoms with E-state index in [0.717, 1.165) is 5.52 Å². The van der Waals surface area contributed by atoms with Gasteiger partial charge in [-0.2, -0.15) is 0 Å². The maximum atomic E-state index is 12.1. The van der Waals surface area contributed by atoms with Crippen LogP contribution in [0.1, 0.15) is 25.3 Å². The summed E-state index contributed by atoms with van der Waals surface area (Å²) in [5, 5.41) is 1.23. The van der Waals surface area contributed by atoms with Gasteiger partial charge in [-0.05, 0) is 32.0 Å². The predicted octanol–water partition coefficient (Wildman–Crippen LogP) is 3.03. The molecule has 1 aromatic carbocycles. The standard InChI is InChI=1S/C15H16ClNO4/c1-3-20-14(18)13(15(19)21-4-2)11-8-17-12-6-5-9(16)7-10(11)12/h5-8,13,17H,3-4H2,1-2H3. The number of ether oxygens (including phenoxy) is 2. The van der Waals surface area contributed by atoms with E-state index in [1.165, 1.54) is 0 Å². The molecule has 0 aliphatic rings. The van der Waals surface area contributed by atoms with E-state index in [1.807, 2.05) is 0 Å². The Kier molecular flexibility index (Phi) is 4.85. The van der Waals surface area contributed by atoms with E-state index in [9.17, 15) is 9.59 Å². The first-order valence-electron chi connectivity index (χ1n) is 6.68. The molecule has 0 unspecified atom stereocenters. The highest BCUT2D eigenvalue weighted by Crippen LogP contribution is 2.29. The van der Waals surface area contributed by atoms with Crippen molar-refractivity contribution in [2.75, 3.05) is 13.2 Å². The second-order valence-corrected chi connectivity index (χ2v) is 4.81. The van der Waals surface area contributed by atoms with Crippen molar-refractivity contribution in [3.63, 3.8) is 0 Å². The van der Waals surface area contributed by atoms with Crippen LogP contribution in [0.15, 0.2) is 24.4 Å². The van der Waals surface area contributed by atoms with Crippen molar-refractivity contribution in [1.29, 1.82) is 0 Å². The number of carbonyl (C=O) groups excluding carboxylic acids is 2. The molecule has 1 heterocycles. The molecule has 1 aromatic heterocycles. The van der Waals surface area contributed by atoms with Crippen molar-refractivity contribution < 1.29 is 19.1 Å². The fourth-order valence-electron chi connectivity index (χ4n) is 2.15. The smallest absolute Gasteiger partial charge is 0.324 e. The van der Waals surface area contributed by atoms with Crippen LogP contribution in [-0.2, 0) is 19.1 Å². The molecule has 0 bridgehead atoms. The zero-order valence-corrected chi connectivity index (χ0v) is 12.6. The van der Waals surface area contributed by atoms with Gasteiger partial charge in [0.2, 0.25) is 0 Å². The van der Waals surface area contributed by atoms with Crippen molar-refractivity contribution in [2.45, 2.75) is 19.8 Å². The van der Waals surface area contributed by atoms with E-state index in [-0.39, 0.29) is 13.2 Å². The molecule has 0 aliphatic carbocycles. The van der Waals surface area contributed by atoms with Gasteiger partial charge in [0.05, 0.1) is 13.2 Å². The number of aromatic nitrogens is 1. The van der Waals surface area contributed by atoms with Gasteiger partial charge in [-0.3, -0.25) is 9.59 Å². The van der Waals surface area contributed by atoms with Gasteiger partial charge in [-0.1, -0.05) is 11.6 Å². The van der Waals surface area contributed by atoms with Gasteiger partial charge < -0.3 is 14.5 Å². The van der Waals surface area contributed by atoms with Crippen LogP contribution in [0.25, 0.3) is 10.9 Å². The van der Waals surface area contributed by atoms with Crippen LogP contribution < -0.4 is 0 Å². The Morgan fingerprint density at radius 3 is 2.38 bits per heavy atom. The number of H-pyrrole nitrogens is 1. The van der Waals surface area contributed by atoms with Crippen LogP contribution in [0.4, 0.5) is 0 Å². The number of benzene rings is 1. The van der Waals surface area contributed by atoms with Crippen LogP contribution >= 0.6 is 11.6 Å². The van der Waals surface area contributed by atoms with Crippen molar-refractivity contribution in [3.05, 3.63) is 35.0 Å². The van der Waals surface area contributed by atoms with Crippen LogP contribution in [0.5, 0.6) is 0 Å². The average molecular weight is 310 g/mol. The highest BCUT2D eigenvalue weighted by Gasteiger charge is 2.33. The monoisotopic (exact) mass is 309 g/mol. The van der Waals surface area contributed by atoms with Crippen LogP contribution in [-0.4, -0.2) is 30.1 Å². The quantitative estimate of drug-likeness (QED) is 0.681. The molecule has 0 fully saturated rings. The van der Waals surface area contributed by atoms with Crippen LogP contribution in [0, 0.1) is 0 Å². The molecule has 0 saturated carbocycles. The molecule has 6 heteroatoms. The number of hydrogen-bond donors (Lipinski definition) is 1. The summed E-state index contributed by atoms with van der Waals surface area (Å²) in [4.78, 5) is 27.2. The summed E-state index contributed by atoms with van der Waals surface area (Å²) < 4.78 is 9.98. The van der Waals surface area contributed by atoms with Crippen LogP contribution in [0.2, 0.25) is 5.02 Å². The van der Waals surface area contributed by atoms with Crippen molar-refractivity contribution in [1.82, 2.24) is 4.98 Å². The Morgan fingerprint density at radius 2 is 1.81 bits per heavy atom. The normalized spacial score (nSPS) is 10.9. The van der Waals surface area contributed by atoms with Gasteiger partial charge in [0.15, 0.2) is 5.92 Å². The zero-order chi connectivity index (χ0) is 15.4. The Balaban J connectivity index is 2.49. The first-order chi connectivity index (χ1) is 10.1. The van der Waals surface area contributed by atoms with Gasteiger partial charge in [0.1, 0.15) is 0 Å². The number of hydrogen-bond acceptors (Lipinski definition) is 4. The predicted molar refractivity (Wildman–Crippen MR) is 79.3 cm³/mol. The highest BCUT2D eigenvalue weighted by molar-refractivity contribution is 6.31. The molecule has 112 valence electrons. The Hall–Kier alpha value is -2.01. The summed E-state index contributed by atoms with van der Waals surface area (Å²) in [6.07, 6.45) is 1.61. The van der Waals surface area contributed by atoms with Gasteiger partial charge in [0, 0.05) is 27.7 Å². The van der Waals surface area contributed by atoms with E-state index in [4.69, 9.17) is 21.1 Å².